The van der Waals surface area contributed by atoms with Crippen LogP contribution in [0, 0.1) is 5.82 Å². The van der Waals surface area contributed by atoms with Crippen molar-refractivity contribution in [1.29, 1.82) is 0 Å². The average molecular weight is 573 g/mol. The topological polar surface area (TPSA) is 182 Å². The van der Waals surface area contributed by atoms with Crippen molar-refractivity contribution in [1.82, 2.24) is 0 Å². The largest absolute Gasteiger partial charge is 0.507 e. The lowest BCUT2D eigenvalue weighted by molar-refractivity contribution is 0.392. The minimum Gasteiger partial charge on any atom is -0.507 e. The number of hydrogen-bond acceptors (Lipinski definition) is 10. The van der Waals surface area contributed by atoms with Gasteiger partial charge < -0.3 is 39.5 Å². The highest BCUT2D eigenvalue weighted by molar-refractivity contribution is 9.10. The van der Waals surface area contributed by atoms with E-state index in [1.165, 1.54) is 12.1 Å². The number of phenolic OH excluding ortho intramolecular Hbond substituents is 4. The van der Waals surface area contributed by atoms with E-state index in [2.05, 4.69) is 15.9 Å². The van der Waals surface area contributed by atoms with E-state index in [-0.39, 0.29) is 20.8 Å². The van der Waals surface area contributed by atoms with Crippen molar-refractivity contribution >= 4 is 37.9 Å². The SMILES string of the molecule is O=c1oc2c(O)c(O)ccc2c(O)c1C(c1ccc(F)c(Br)c1)c1c(O)c2ccc(O)c(O)c2oc1=O. The first-order valence-corrected chi connectivity index (χ1v) is 11.2. The summed E-state index contributed by atoms with van der Waals surface area (Å²) in [6.45, 7) is 0. The lowest BCUT2D eigenvalue weighted by atomic mass is 9.84. The number of rotatable bonds is 3. The van der Waals surface area contributed by atoms with E-state index in [0.717, 1.165) is 30.3 Å². The summed E-state index contributed by atoms with van der Waals surface area (Å²) in [5.74, 6) is -6.73. The fourth-order valence-electron chi connectivity index (χ4n) is 4.16. The van der Waals surface area contributed by atoms with Crippen molar-refractivity contribution in [2.45, 2.75) is 5.92 Å². The standard InChI is InChI=1S/C25H14BrFO10/c26-11-7-8(1-4-12(11)27)15(16-18(30)9-2-5-13(28)20(32)22(9)36-24(16)34)17-19(31)10-3-6-14(29)21(33)23(10)37-25(17)35/h1-7,15,28-33H. The quantitative estimate of drug-likeness (QED) is 0.135. The zero-order valence-corrected chi connectivity index (χ0v) is 19.8. The van der Waals surface area contributed by atoms with E-state index >= 15 is 0 Å². The summed E-state index contributed by atoms with van der Waals surface area (Å²) in [6.07, 6.45) is 0. The van der Waals surface area contributed by atoms with Gasteiger partial charge in [-0.2, -0.15) is 0 Å². The number of hydrogen-bond donors (Lipinski definition) is 6. The summed E-state index contributed by atoms with van der Waals surface area (Å²) in [7, 11) is 0. The molecule has 2 aromatic heterocycles. The Hall–Kier alpha value is -4.71. The molecule has 10 nitrogen and oxygen atoms in total. The van der Waals surface area contributed by atoms with Gasteiger partial charge in [0.25, 0.3) is 0 Å². The smallest absolute Gasteiger partial charge is 0.344 e. The van der Waals surface area contributed by atoms with E-state index in [4.69, 9.17) is 8.83 Å². The first-order valence-electron chi connectivity index (χ1n) is 10.4. The molecule has 3 aromatic carbocycles. The van der Waals surface area contributed by atoms with Gasteiger partial charge in [-0.1, -0.05) is 6.07 Å². The molecule has 0 aliphatic rings. The molecule has 0 amide bonds. The van der Waals surface area contributed by atoms with Gasteiger partial charge in [-0.15, -0.1) is 0 Å². The summed E-state index contributed by atoms with van der Waals surface area (Å²) in [5, 5.41) is 61.5. The Morgan fingerprint density at radius 2 is 1.14 bits per heavy atom. The zero-order valence-electron chi connectivity index (χ0n) is 18.2. The molecule has 0 aliphatic carbocycles. The lowest BCUT2D eigenvalue weighted by Crippen LogP contribution is -2.21. The molecule has 0 fully saturated rings. The molecule has 0 atom stereocenters. The molecule has 2 heterocycles. The van der Waals surface area contributed by atoms with Crippen molar-refractivity contribution < 1.29 is 43.9 Å². The fraction of sp³-hybridized carbons (Fsp3) is 0.0400. The predicted octanol–water partition coefficient (Wildman–Crippen LogP) is 4.21. The van der Waals surface area contributed by atoms with Crippen molar-refractivity contribution in [3.8, 4) is 34.5 Å². The third-order valence-electron chi connectivity index (χ3n) is 5.92. The van der Waals surface area contributed by atoms with Crippen LogP contribution in [-0.4, -0.2) is 30.6 Å². The molecule has 5 rings (SSSR count). The van der Waals surface area contributed by atoms with E-state index in [0.29, 0.717) is 0 Å². The summed E-state index contributed by atoms with van der Waals surface area (Å²) in [4.78, 5) is 26.3. The Morgan fingerprint density at radius 1 is 0.676 bits per heavy atom. The van der Waals surface area contributed by atoms with Crippen LogP contribution in [-0.2, 0) is 0 Å². The molecular formula is C25H14BrFO10. The van der Waals surface area contributed by atoms with Gasteiger partial charge in [0.1, 0.15) is 17.3 Å². The third-order valence-corrected chi connectivity index (χ3v) is 6.53. The summed E-state index contributed by atoms with van der Waals surface area (Å²) in [6, 6.07) is 7.76. The maximum atomic E-state index is 14.1. The van der Waals surface area contributed by atoms with Crippen molar-refractivity contribution in [2.75, 3.05) is 0 Å². The minimum absolute atomic E-state index is 0.0307. The van der Waals surface area contributed by atoms with E-state index in [1.54, 1.807) is 0 Å². The minimum atomic E-state index is -1.62. The van der Waals surface area contributed by atoms with E-state index in [1.807, 2.05) is 0 Å². The van der Waals surface area contributed by atoms with Crippen molar-refractivity contribution in [2.24, 2.45) is 0 Å². The molecule has 0 unspecified atom stereocenters. The molecule has 188 valence electrons. The molecule has 0 saturated heterocycles. The molecule has 0 saturated carbocycles. The van der Waals surface area contributed by atoms with Gasteiger partial charge >= 0.3 is 11.3 Å². The van der Waals surface area contributed by atoms with Crippen LogP contribution in [0.5, 0.6) is 34.5 Å². The van der Waals surface area contributed by atoms with Gasteiger partial charge in [0.05, 0.1) is 32.3 Å². The van der Waals surface area contributed by atoms with Crippen LogP contribution in [0.15, 0.2) is 65.4 Å². The molecule has 37 heavy (non-hydrogen) atoms. The Kier molecular flexibility index (Phi) is 5.48. The fourth-order valence-corrected chi connectivity index (χ4v) is 4.56. The molecule has 6 N–H and O–H groups in total. The average Bonchev–Trinajstić information content (AvgIpc) is 2.85. The van der Waals surface area contributed by atoms with Gasteiger partial charge in [0.2, 0.25) is 11.5 Å². The summed E-state index contributed by atoms with van der Waals surface area (Å²) < 4.78 is 24.3. The van der Waals surface area contributed by atoms with Gasteiger partial charge in [-0.3, -0.25) is 0 Å². The maximum absolute atomic E-state index is 14.1. The van der Waals surface area contributed by atoms with Crippen LogP contribution in [0.3, 0.4) is 0 Å². The highest BCUT2D eigenvalue weighted by atomic mass is 79.9. The van der Waals surface area contributed by atoms with Gasteiger partial charge in [0.15, 0.2) is 22.7 Å². The normalized spacial score (nSPS) is 11.5. The molecule has 5 aromatic rings. The maximum Gasteiger partial charge on any atom is 0.344 e. The Labute approximate surface area is 212 Å². The molecule has 0 aliphatic heterocycles. The second-order valence-electron chi connectivity index (χ2n) is 8.03. The summed E-state index contributed by atoms with van der Waals surface area (Å²) in [5.41, 5.74) is -4.74. The molecule has 0 bridgehead atoms. The zero-order chi connectivity index (χ0) is 26.8. The van der Waals surface area contributed by atoms with Crippen LogP contribution < -0.4 is 11.3 Å². The first-order chi connectivity index (χ1) is 17.5. The van der Waals surface area contributed by atoms with Gasteiger partial charge in [0, 0.05) is 0 Å². The third kappa shape index (κ3) is 3.61. The lowest BCUT2D eigenvalue weighted by Gasteiger charge is -2.20. The number of phenols is 4. The highest BCUT2D eigenvalue weighted by Gasteiger charge is 2.34. The Balaban J connectivity index is 1.93. The number of benzene rings is 3. The van der Waals surface area contributed by atoms with Crippen LogP contribution in [0.4, 0.5) is 4.39 Å². The Morgan fingerprint density at radius 3 is 1.57 bits per heavy atom. The number of fused-ring (bicyclic) bond motifs is 2. The van der Waals surface area contributed by atoms with E-state index in [9.17, 15) is 44.6 Å². The molecule has 0 radical (unpaired) electrons. The van der Waals surface area contributed by atoms with Crippen molar-refractivity contribution in [3.05, 3.63) is 90.3 Å². The predicted molar refractivity (Wildman–Crippen MR) is 130 cm³/mol. The van der Waals surface area contributed by atoms with Gasteiger partial charge in [-0.05, 0) is 57.9 Å². The number of aromatic hydroxyl groups is 6. The molecular weight excluding hydrogens is 559 g/mol. The second-order valence-corrected chi connectivity index (χ2v) is 8.88. The molecule has 12 heteroatoms. The van der Waals surface area contributed by atoms with Crippen LogP contribution >= 0.6 is 15.9 Å². The second kappa shape index (κ2) is 8.45. The molecule has 0 spiro atoms. The van der Waals surface area contributed by atoms with Gasteiger partial charge in [-0.25, -0.2) is 14.0 Å². The first kappa shape index (κ1) is 24.0. The monoisotopic (exact) mass is 572 g/mol. The van der Waals surface area contributed by atoms with Crippen LogP contribution in [0.1, 0.15) is 22.6 Å². The van der Waals surface area contributed by atoms with E-state index < -0.39 is 79.8 Å². The summed E-state index contributed by atoms with van der Waals surface area (Å²) >= 11 is 3.02. The number of halogens is 2. The highest BCUT2D eigenvalue weighted by Crippen LogP contribution is 2.46. The van der Waals surface area contributed by atoms with Crippen LogP contribution in [0.25, 0.3) is 21.9 Å². The van der Waals surface area contributed by atoms with Crippen molar-refractivity contribution in [3.63, 3.8) is 0 Å². The van der Waals surface area contributed by atoms with Crippen LogP contribution in [0.2, 0.25) is 0 Å². The Bertz CT molecular complexity index is 1760.